The summed E-state index contributed by atoms with van der Waals surface area (Å²) in [6.45, 7) is 2.10. The number of anilines is 1. The Bertz CT molecular complexity index is 351. The van der Waals surface area contributed by atoms with Crippen molar-refractivity contribution in [2.75, 3.05) is 18.4 Å². The van der Waals surface area contributed by atoms with Crippen molar-refractivity contribution in [1.29, 1.82) is 0 Å². The van der Waals surface area contributed by atoms with E-state index in [4.69, 9.17) is 11.6 Å². The molecule has 1 atom stereocenters. The predicted octanol–water partition coefficient (Wildman–Crippen LogP) is 3.66. The van der Waals surface area contributed by atoms with Gasteiger partial charge in [0, 0.05) is 27.8 Å². The maximum Gasteiger partial charge on any atom is 0.0500 e. The van der Waals surface area contributed by atoms with Crippen molar-refractivity contribution in [3.05, 3.63) is 27.7 Å². The van der Waals surface area contributed by atoms with E-state index in [1.807, 2.05) is 18.2 Å². The van der Waals surface area contributed by atoms with Crippen LogP contribution >= 0.6 is 27.5 Å². The van der Waals surface area contributed by atoms with E-state index in [1.165, 1.54) is 19.3 Å². The molecular formula is C12H16BrClN2. The molecule has 0 aliphatic carbocycles. The first-order valence-electron chi connectivity index (χ1n) is 5.68. The minimum atomic E-state index is 0.583. The maximum atomic E-state index is 5.96. The Hall–Kier alpha value is -0.250. The molecule has 0 bridgehead atoms. The molecule has 0 radical (unpaired) electrons. The summed E-state index contributed by atoms with van der Waals surface area (Å²) < 4.78 is 1.06. The van der Waals surface area contributed by atoms with Gasteiger partial charge in [-0.15, -0.1) is 0 Å². The molecule has 1 aliphatic heterocycles. The lowest BCUT2D eigenvalue weighted by Crippen LogP contribution is -2.39. The molecule has 0 aromatic heterocycles. The van der Waals surface area contributed by atoms with E-state index in [2.05, 4.69) is 26.6 Å². The Labute approximate surface area is 110 Å². The van der Waals surface area contributed by atoms with Gasteiger partial charge in [0.05, 0.1) is 0 Å². The molecule has 0 saturated carbocycles. The van der Waals surface area contributed by atoms with Crippen LogP contribution in [0.15, 0.2) is 22.7 Å². The molecule has 1 unspecified atom stereocenters. The van der Waals surface area contributed by atoms with Gasteiger partial charge in [-0.05, 0) is 53.5 Å². The van der Waals surface area contributed by atoms with Crippen molar-refractivity contribution in [3.63, 3.8) is 0 Å². The monoisotopic (exact) mass is 302 g/mol. The highest BCUT2D eigenvalue weighted by atomic mass is 79.9. The molecule has 1 heterocycles. The molecule has 0 amide bonds. The Morgan fingerprint density at radius 1 is 1.44 bits per heavy atom. The van der Waals surface area contributed by atoms with Gasteiger partial charge in [0.2, 0.25) is 0 Å². The summed E-state index contributed by atoms with van der Waals surface area (Å²) in [7, 11) is 0. The van der Waals surface area contributed by atoms with Gasteiger partial charge in [0.15, 0.2) is 0 Å². The molecule has 1 aliphatic rings. The molecule has 2 nitrogen and oxygen atoms in total. The molecule has 1 fully saturated rings. The van der Waals surface area contributed by atoms with Gasteiger partial charge in [-0.1, -0.05) is 18.0 Å². The highest BCUT2D eigenvalue weighted by Crippen LogP contribution is 2.26. The largest absolute Gasteiger partial charge is 0.383 e. The van der Waals surface area contributed by atoms with E-state index >= 15 is 0 Å². The lowest BCUT2D eigenvalue weighted by atomic mass is 10.1. The van der Waals surface area contributed by atoms with Crippen LogP contribution in [0.25, 0.3) is 0 Å². The standard InChI is InChI=1S/C12H16BrClN2/c13-11-5-4-9(14)7-12(11)16-8-10-3-1-2-6-15-10/h4-5,7,10,15-16H,1-3,6,8H2. The number of hydrogen-bond acceptors (Lipinski definition) is 2. The highest BCUT2D eigenvalue weighted by Gasteiger charge is 2.12. The molecule has 1 aromatic rings. The number of piperidine rings is 1. The number of rotatable bonds is 3. The topological polar surface area (TPSA) is 24.1 Å². The molecule has 88 valence electrons. The van der Waals surface area contributed by atoms with Crippen molar-refractivity contribution in [1.82, 2.24) is 5.32 Å². The SMILES string of the molecule is Clc1ccc(Br)c(NCC2CCCCN2)c1. The van der Waals surface area contributed by atoms with Crippen LogP contribution in [0.1, 0.15) is 19.3 Å². The normalized spacial score (nSPS) is 20.8. The minimum absolute atomic E-state index is 0.583. The number of nitrogens with one attached hydrogen (secondary N) is 2. The second-order valence-corrected chi connectivity index (χ2v) is 5.44. The second-order valence-electron chi connectivity index (χ2n) is 4.15. The molecule has 16 heavy (non-hydrogen) atoms. The zero-order valence-corrected chi connectivity index (χ0v) is 11.4. The summed E-state index contributed by atoms with van der Waals surface area (Å²) >= 11 is 9.48. The van der Waals surface area contributed by atoms with Gasteiger partial charge in [0.25, 0.3) is 0 Å². The van der Waals surface area contributed by atoms with E-state index in [-0.39, 0.29) is 0 Å². The van der Waals surface area contributed by atoms with Gasteiger partial charge in [-0.25, -0.2) is 0 Å². The summed E-state index contributed by atoms with van der Waals surface area (Å²) in [5.41, 5.74) is 1.07. The van der Waals surface area contributed by atoms with Crippen molar-refractivity contribution in [2.24, 2.45) is 0 Å². The fraction of sp³-hybridized carbons (Fsp3) is 0.500. The first kappa shape index (κ1) is 12.2. The van der Waals surface area contributed by atoms with Crippen LogP contribution in [0.5, 0.6) is 0 Å². The summed E-state index contributed by atoms with van der Waals surface area (Å²) in [5, 5.41) is 7.71. The molecule has 2 rings (SSSR count). The first-order valence-corrected chi connectivity index (χ1v) is 6.85. The van der Waals surface area contributed by atoms with Gasteiger partial charge >= 0.3 is 0 Å². The number of benzene rings is 1. The van der Waals surface area contributed by atoms with Crippen LogP contribution in [-0.4, -0.2) is 19.1 Å². The third-order valence-electron chi connectivity index (χ3n) is 2.88. The quantitative estimate of drug-likeness (QED) is 0.890. The molecule has 0 spiro atoms. The molecular weight excluding hydrogens is 288 g/mol. The predicted molar refractivity (Wildman–Crippen MR) is 73.3 cm³/mol. The number of hydrogen-bond donors (Lipinski definition) is 2. The fourth-order valence-electron chi connectivity index (χ4n) is 1.96. The van der Waals surface area contributed by atoms with Crippen molar-refractivity contribution in [3.8, 4) is 0 Å². The second kappa shape index (κ2) is 5.89. The third kappa shape index (κ3) is 3.37. The smallest absolute Gasteiger partial charge is 0.0500 e. The Kier molecular flexibility index (Phi) is 4.50. The minimum Gasteiger partial charge on any atom is -0.383 e. The van der Waals surface area contributed by atoms with Gasteiger partial charge < -0.3 is 10.6 Å². The maximum absolute atomic E-state index is 5.96. The van der Waals surface area contributed by atoms with Crippen LogP contribution in [0.3, 0.4) is 0 Å². The number of halogens is 2. The highest BCUT2D eigenvalue weighted by molar-refractivity contribution is 9.10. The lowest BCUT2D eigenvalue weighted by molar-refractivity contribution is 0.414. The third-order valence-corrected chi connectivity index (χ3v) is 3.81. The van der Waals surface area contributed by atoms with Gasteiger partial charge in [-0.3, -0.25) is 0 Å². The van der Waals surface area contributed by atoms with Crippen molar-refractivity contribution >= 4 is 33.2 Å². The van der Waals surface area contributed by atoms with E-state index in [1.54, 1.807) is 0 Å². The summed E-state index contributed by atoms with van der Waals surface area (Å²) in [5.74, 6) is 0. The average Bonchev–Trinajstić information content (AvgIpc) is 2.32. The summed E-state index contributed by atoms with van der Waals surface area (Å²) in [4.78, 5) is 0. The van der Waals surface area contributed by atoms with Crippen LogP contribution < -0.4 is 10.6 Å². The van der Waals surface area contributed by atoms with Crippen LogP contribution in [0.4, 0.5) is 5.69 Å². The molecule has 1 saturated heterocycles. The Morgan fingerprint density at radius 3 is 3.06 bits per heavy atom. The van der Waals surface area contributed by atoms with Crippen LogP contribution in [0.2, 0.25) is 5.02 Å². The molecule has 2 N–H and O–H groups in total. The zero-order chi connectivity index (χ0) is 11.4. The summed E-state index contributed by atoms with van der Waals surface area (Å²) in [6.07, 6.45) is 3.89. The van der Waals surface area contributed by atoms with Gasteiger partial charge in [-0.2, -0.15) is 0 Å². The van der Waals surface area contributed by atoms with Crippen LogP contribution in [-0.2, 0) is 0 Å². The first-order chi connectivity index (χ1) is 7.75. The molecule has 4 heteroatoms. The van der Waals surface area contributed by atoms with Crippen LogP contribution in [0, 0.1) is 0 Å². The lowest BCUT2D eigenvalue weighted by Gasteiger charge is -2.24. The zero-order valence-electron chi connectivity index (χ0n) is 9.10. The fourth-order valence-corrected chi connectivity index (χ4v) is 2.52. The van der Waals surface area contributed by atoms with E-state index in [9.17, 15) is 0 Å². The van der Waals surface area contributed by atoms with E-state index in [0.717, 1.165) is 28.3 Å². The molecule has 1 aromatic carbocycles. The van der Waals surface area contributed by atoms with E-state index in [0.29, 0.717) is 6.04 Å². The Morgan fingerprint density at radius 2 is 2.31 bits per heavy atom. The van der Waals surface area contributed by atoms with E-state index < -0.39 is 0 Å². The van der Waals surface area contributed by atoms with Crippen molar-refractivity contribution < 1.29 is 0 Å². The van der Waals surface area contributed by atoms with Crippen molar-refractivity contribution in [2.45, 2.75) is 25.3 Å². The Balaban J connectivity index is 1.90. The van der Waals surface area contributed by atoms with Gasteiger partial charge in [0.1, 0.15) is 0 Å². The summed E-state index contributed by atoms with van der Waals surface area (Å²) in [6, 6.07) is 6.39. The average molecular weight is 304 g/mol.